The van der Waals surface area contributed by atoms with Gasteiger partial charge in [-0.1, -0.05) is 12.1 Å². The van der Waals surface area contributed by atoms with Crippen molar-refractivity contribution in [2.24, 2.45) is 0 Å². The standard InChI is InChI=1S/C21H19N7O/c22-12-15-3-5-16(6-4-15)19-2-1-9-27-20(19)25-21(26-27)28(18-13-23-24-14-18)17-7-10-29-11-8-17/h1-6,9,13-14,17H,7-8,10-11H2,(H,23,24). The molecule has 0 radical (unpaired) electrons. The second-order valence-corrected chi connectivity index (χ2v) is 6.96. The molecular formula is C21H19N7O. The minimum absolute atomic E-state index is 0.247. The Morgan fingerprint density at radius 2 is 2.00 bits per heavy atom. The molecule has 1 N–H and O–H groups in total. The zero-order valence-corrected chi connectivity index (χ0v) is 15.7. The maximum absolute atomic E-state index is 9.05. The number of hydrogen-bond acceptors (Lipinski definition) is 6. The van der Waals surface area contributed by atoms with Crippen molar-refractivity contribution >= 4 is 17.3 Å². The van der Waals surface area contributed by atoms with Crippen molar-refractivity contribution in [3.8, 4) is 17.2 Å². The third kappa shape index (κ3) is 3.22. The summed E-state index contributed by atoms with van der Waals surface area (Å²) < 4.78 is 7.34. The first kappa shape index (κ1) is 17.4. The predicted molar refractivity (Wildman–Crippen MR) is 108 cm³/mol. The van der Waals surface area contributed by atoms with Crippen LogP contribution in [0.15, 0.2) is 55.0 Å². The average molecular weight is 385 g/mol. The van der Waals surface area contributed by atoms with Gasteiger partial charge in [-0.15, -0.1) is 5.10 Å². The summed E-state index contributed by atoms with van der Waals surface area (Å²) in [4.78, 5) is 7.03. The van der Waals surface area contributed by atoms with Crippen LogP contribution in [-0.4, -0.2) is 44.1 Å². The van der Waals surface area contributed by atoms with Crippen LogP contribution in [0.5, 0.6) is 0 Å². The Labute approximate surface area is 167 Å². The molecule has 0 saturated carbocycles. The number of aromatic amines is 1. The number of nitrogens with zero attached hydrogens (tertiary/aromatic N) is 6. The van der Waals surface area contributed by atoms with Crippen LogP contribution in [0.25, 0.3) is 16.8 Å². The Kier molecular flexibility index (Phi) is 4.42. The van der Waals surface area contributed by atoms with Crippen molar-refractivity contribution in [1.29, 1.82) is 5.26 Å². The molecule has 0 amide bonds. The molecule has 4 aromatic rings. The molecule has 144 valence electrons. The fraction of sp³-hybridized carbons (Fsp3) is 0.238. The fourth-order valence-electron chi connectivity index (χ4n) is 3.76. The van der Waals surface area contributed by atoms with E-state index in [2.05, 4.69) is 21.2 Å². The number of anilines is 2. The summed E-state index contributed by atoms with van der Waals surface area (Å²) in [5.74, 6) is 0.638. The maximum Gasteiger partial charge on any atom is 0.250 e. The van der Waals surface area contributed by atoms with E-state index in [1.807, 2.05) is 48.8 Å². The van der Waals surface area contributed by atoms with E-state index in [1.165, 1.54) is 0 Å². The summed E-state index contributed by atoms with van der Waals surface area (Å²) in [5.41, 5.74) is 4.30. The quantitative estimate of drug-likeness (QED) is 0.579. The molecule has 8 nitrogen and oxygen atoms in total. The lowest BCUT2D eigenvalue weighted by Crippen LogP contribution is -2.36. The van der Waals surface area contributed by atoms with E-state index in [9.17, 15) is 0 Å². The lowest BCUT2D eigenvalue weighted by Gasteiger charge is -2.32. The molecule has 0 atom stereocenters. The number of H-pyrrole nitrogens is 1. The van der Waals surface area contributed by atoms with E-state index < -0.39 is 0 Å². The van der Waals surface area contributed by atoms with Crippen molar-refractivity contribution in [3.05, 3.63) is 60.6 Å². The van der Waals surface area contributed by atoms with Gasteiger partial charge in [0.25, 0.3) is 5.95 Å². The zero-order chi connectivity index (χ0) is 19.6. The molecule has 5 rings (SSSR count). The van der Waals surface area contributed by atoms with Crippen molar-refractivity contribution in [2.75, 3.05) is 18.1 Å². The number of benzene rings is 1. The van der Waals surface area contributed by atoms with Gasteiger partial charge < -0.3 is 9.64 Å². The summed E-state index contributed by atoms with van der Waals surface area (Å²) in [5, 5.41) is 20.8. The van der Waals surface area contributed by atoms with Crippen LogP contribution in [0.3, 0.4) is 0 Å². The molecule has 0 unspecified atom stereocenters. The van der Waals surface area contributed by atoms with Crippen molar-refractivity contribution in [2.45, 2.75) is 18.9 Å². The first-order valence-corrected chi connectivity index (χ1v) is 9.55. The molecule has 1 fully saturated rings. The summed E-state index contributed by atoms with van der Waals surface area (Å²) in [6.07, 6.45) is 7.37. The highest BCUT2D eigenvalue weighted by molar-refractivity contribution is 5.78. The number of ether oxygens (including phenoxy) is 1. The summed E-state index contributed by atoms with van der Waals surface area (Å²) in [7, 11) is 0. The normalized spacial score (nSPS) is 14.7. The molecule has 1 saturated heterocycles. The van der Waals surface area contributed by atoms with Gasteiger partial charge in [-0.05, 0) is 42.7 Å². The van der Waals surface area contributed by atoms with Crippen LogP contribution < -0.4 is 4.90 Å². The van der Waals surface area contributed by atoms with Crippen LogP contribution in [0.2, 0.25) is 0 Å². The molecule has 1 aromatic carbocycles. The molecule has 1 aliphatic heterocycles. The van der Waals surface area contributed by atoms with E-state index >= 15 is 0 Å². The van der Waals surface area contributed by atoms with Gasteiger partial charge in [-0.3, -0.25) is 5.10 Å². The number of hydrogen-bond donors (Lipinski definition) is 1. The van der Waals surface area contributed by atoms with Gasteiger partial charge in [0.05, 0.1) is 23.5 Å². The molecular weight excluding hydrogens is 366 g/mol. The first-order chi connectivity index (χ1) is 14.3. The molecule has 0 spiro atoms. The summed E-state index contributed by atoms with van der Waals surface area (Å²) >= 11 is 0. The minimum Gasteiger partial charge on any atom is -0.381 e. The lowest BCUT2D eigenvalue weighted by molar-refractivity contribution is 0.0863. The molecule has 1 aliphatic rings. The highest BCUT2D eigenvalue weighted by Gasteiger charge is 2.27. The Morgan fingerprint density at radius 1 is 1.17 bits per heavy atom. The van der Waals surface area contributed by atoms with Gasteiger partial charge in [0, 0.05) is 37.2 Å². The lowest BCUT2D eigenvalue weighted by atomic mass is 10.1. The predicted octanol–water partition coefficient (Wildman–Crippen LogP) is 3.31. The van der Waals surface area contributed by atoms with E-state index in [-0.39, 0.29) is 6.04 Å². The number of aromatic nitrogens is 5. The minimum atomic E-state index is 0.247. The largest absolute Gasteiger partial charge is 0.381 e. The smallest absolute Gasteiger partial charge is 0.250 e. The summed E-state index contributed by atoms with van der Waals surface area (Å²) in [6, 6.07) is 13.9. The Balaban J connectivity index is 1.60. The zero-order valence-electron chi connectivity index (χ0n) is 15.7. The van der Waals surface area contributed by atoms with Crippen LogP contribution in [0.4, 0.5) is 11.6 Å². The Hall–Kier alpha value is -3.70. The number of nitrogens with one attached hydrogen (secondary N) is 1. The van der Waals surface area contributed by atoms with Crippen LogP contribution in [0, 0.1) is 11.3 Å². The van der Waals surface area contributed by atoms with E-state index in [1.54, 1.807) is 10.7 Å². The maximum atomic E-state index is 9.05. The number of rotatable bonds is 4. The second kappa shape index (κ2) is 7.37. The molecule has 0 aliphatic carbocycles. The molecule has 4 heterocycles. The van der Waals surface area contributed by atoms with Crippen LogP contribution in [0.1, 0.15) is 18.4 Å². The van der Waals surface area contributed by atoms with Crippen molar-refractivity contribution < 1.29 is 4.74 Å². The summed E-state index contributed by atoms with van der Waals surface area (Å²) in [6.45, 7) is 1.45. The molecule has 0 bridgehead atoms. The van der Waals surface area contributed by atoms with Gasteiger partial charge in [0.15, 0.2) is 5.65 Å². The highest BCUT2D eigenvalue weighted by atomic mass is 16.5. The van der Waals surface area contributed by atoms with Crippen LogP contribution >= 0.6 is 0 Å². The van der Waals surface area contributed by atoms with Gasteiger partial charge in [0.1, 0.15) is 0 Å². The Morgan fingerprint density at radius 3 is 2.72 bits per heavy atom. The third-order valence-corrected chi connectivity index (χ3v) is 5.21. The third-order valence-electron chi connectivity index (χ3n) is 5.21. The Bertz CT molecular complexity index is 1150. The highest BCUT2D eigenvalue weighted by Crippen LogP contribution is 2.31. The number of nitriles is 1. The topological polar surface area (TPSA) is 95.1 Å². The van der Waals surface area contributed by atoms with Crippen LogP contribution in [-0.2, 0) is 4.74 Å². The van der Waals surface area contributed by atoms with E-state index in [4.69, 9.17) is 20.1 Å². The van der Waals surface area contributed by atoms with E-state index in [0.717, 1.165) is 48.5 Å². The fourth-order valence-corrected chi connectivity index (χ4v) is 3.76. The second-order valence-electron chi connectivity index (χ2n) is 6.96. The number of pyridine rings is 1. The van der Waals surface area contributed by atoms with Crippen molar-refractivity contribution in [3.63, 3.8) is 0 Å². The molecule has 29 heavy (non-hydrogen) atoms. The van der Waals surface area contributed by atoms with Gasteiger partial charge in [-0.2, -0.15) is 15.3 Å². The van der Waals surface area contributed by atoms with Gasteiger partial charge in [-0.25, -0.2) is 4.52 Å². The number of fused-ring (bicyclic) bond motifs is 1. The van der Waals surface area contributed by atoms with Crippen molar-refractivity contribution in [1.82, 2.24) is 24.8 Å². The van der Waals surface area contributed by atoms with Gasteiger partial charge >= 0.3 is 0 Å². The molecule has 3 aromatic heterocycles. The first-order valence-electron chi connectivity index (χ1n) is 9.55. The van der Waals surface area contributed by atoms with Gasteiger partial charge in [0.2, 0.25) is 0 Å². The SMILES string of the molecule is N#Cc1ccc(-c2cccn3nc(N(c4cn[nH]c4)C4CCOCC4)nc23)cc1. The molecule has 8 heteroatoms. The average Bonchev–Trinajstić information content (AvgIpc) is 3.45. The monoisotopic (exact) mass is 385 g/mol. The van der Waals surface area contributed by atoms with E-state index in [0.29, 0.717) is 11.5 Å².